The van der Waals surface area contributed by atoms with Crippen LogP contribution in [0, 0.1) is 0 Å². The number of rotatable bonds is 12. The van der Waals surface area contributed by atoms with Crippen LogP contribution in [0.1, 0.15) is 64.7 Å². The van der Waals surface area contributed by atoms with Crippen LogP contribution in [0.5, 0.6) is 0 Å². The maximum atomic E-state index is 11.1. The predicted octanol–water partition coefficient (Wildman–Crippen LogP) is 4.44. The van der Waals surface area contributed by atoms with Gasteiger partial charge in [-0.3, -0.25) is 4.79 Å². The van der Waals surface area contributed by atoms with Crippen molar-refractivity contribution in [2.24, 2.45) is 0 Å². The highest BCUT2D eigenvalue weighted by Crippen LogP contribution is 2.07. The second-order valence-corrected chi connectivity index (χ2v) is 4.95. The molecule has 4 nitrogen and oxygen atoms in total. The van der Waals surface area contributed by atoms with Crippen molar-refractivity contribution in [2.75, 3.05) is 13.2 Å². The molecule has 0 amide bonds. The number of hydrogen-bond donors (Lipinski definition) is 0. The minimum Gasteiger partial charge on any atom is -0.434 e. The summed E-state index contributed by atoms with van der Waals surface area (Å²) in [4.78, 5) is 21.5. The fourth-order valence-electron chi connectivity index (χ4n) is 1.62. The van der Waals surface area contributed by atoms with Crippen molar-refractivity contribution in [3.8, 4) is 0 Å². The van der Waals surface area contributed by atoms with E-state index in [1.165, 1.54) is 32.1 Å². The first-order valence-electron chi connectivity index (χ1n) is 7.14. The molecule has 0 N–H and O–H groups in total. The first kappa shape index (κ1) is 18.2. The van der Waals surface area contributed by atoms with E-state index in [-0.39, 0.29) is 13.0 Å². The molecular weight excluding hydrogens is 268 g/mol. The van der Waals surface area contributed by atoms with Gasteiger partial charge in [-0.25, -0.2) is 4.79 Å². The maximum absolute atomic E-state index is 11.1. The van der Waals surface area contributed by atoms with E-state index in [1.807, 2.05) is 0 Å². The quantitative estimate of drug-likeness (QED) is 0.303. The Hall–Kier alpha value is -0.770. The molecule has 0 aliphatic carbocycles. The van der Waals surface area contributed by atoms with Gasteiger partial charge in [0.25, 0.3) is 0 Å². The summed E-state index contributed by atoms with van der Waals surface area (Å²) in [6.45, 7) is 2.78. The van der Waals surface area contributed by atoms with E-state index in [1.54, 1.807) is 0 Å². The fourth-order valence-corrected chi connectivity index (χ4v) is 1.76. The third-order valence-electron chi connectivity index (χ3n) is 2.71. The average molecular weight is 293 g/mol. The zero-order valence-corrected chi connectivity index (χ0v) is 12.5. The van der Waals surface area contributed by atoms with E-state index in [0.29, 0.717) is 13.0 Å². The SMILES string of the molecule is CCCCCCCCCOC(=O)OCCCC(=O)Cl. The number of carbonyl (C=O) groups is 2. The van der Waals surface area contributed by atoms with Crippen molar-refractivity contribution < 1.29 is 19.1 Å². The van der Waals surface area contributed by atoms with Crippen LogP contribution in [0.4, 0.5) is 4.79 Å². The summed E-state index contributed by atoms with van der Waals surface area (Å²) < 4.78 is 9.68. The van der Waals surface area contributed by atoms with E-state index in [0.717, 1.165) is 12.8 Å². The molecular formula is C14H25ClO4. The van der Waals surface area contributed by atoms with Gasteiger partial charge in [-0.1, -0.05) is 45.4 Å². The molecule has 0 aromatic rings. The zero-order chi connectivity index (χ0) is 14.3. The molecule has 0 aromatic carbocycles. The lowest BCUT2D eigenvalue weighted by atomic mass is 10.1. The minimum atomic E-state index is -0.659. The Morgan fingerprint density at radius 1 is 0.842 bits per heavy atom. The number of carbonyl (C=O) groups excluding carboxylic acids is 2. The molecule has 19 heavy (non-hydrogen) atoms. The third-order valence-corrected chi connectivity index (χ3v) is 2.89. The van der Waals surface area contributed by atoms with Crippen LogP contribution >= 0.6 is 11.6 Å². The lowest BCUT2D eigenvalue weighted by Gasteiger charge is -2.05. The van der Waals surface area contributed by atoms with Gasteiger partial charge in [-0.05, 0) is 24.4 Å². The molecule has 0 rings (SSSR count). The minimum absolute atomic E-state index is 0.175. The van der Waals surface area contributed by atoms with Crippen molar-refractivity contribution >= 4 is 23.0 Å². The summed E-state index contributed by atoms with van der Waals surface area (Å²) >= 11 is 5.15. The molecule has 0 saturated carbocycles. The maximum Gasteiger partial charge on any atom is 0.508 e. The molecule has 0 unspecified atom stereocenters. The summed E-state index contributed by atoms with van der Waals surface area (Å²) in [5.74, 6) is 0. The summed E-state index contributed by atoms with van der Waals surface area (Å²) in [6.07, 6.45) is 8.24. The zero-order valence-electron chi connectivity index (χ0n) is 11.8. The Kier molecular flexibility index (Phi) is 13.1. The smallest absolute Gasteiger partial charge is 0.434 e. The first-order valence-corrected chi connectivity index (χ1v) is 7.52. The molecule has 0 atom stereocenters. The molecule has 112 valence electrons. The fraction of sp³-hybridized carbons (Fsp3) is 0.857. The second-order valence-electron chi connectivity index (χ2n) is 4.53. The Bertz CT molecular complexity index is 244. The Labute approximate surface area is 120 Å². The Morgan fingerprint density at radius 2 is 1.37 bits per heavy atom. The monoisotopic (exact) mass is 292 g/mol. The lowest BCUT2D eigenvalue weighted by molar-refractivity contribution is -0.112. The molecule has 5 heteroatoms. The summed E-state index contributed by atoms with van der Waals surface area (Å²) in [7, 11) is 0. The van der Waals surface area contributed by atoms with Gasteiger partial charge in [0.2, 0.25) is 5.24 Å². The average Bonchev–Trinajstić information content (AvgIpc) is 2.37. The highest BCUT2D eigenvalue weighted by atomic mass is 35.5. The second kappa shape index (κ2) is 13.7. The van der Waals surface area contributed by atoms with Gasteiger partial charge in [0, 0.05) is 6.42 Å². The number of ether oxygens (including phenoxy) is 2. The van der Waals surface area contributed by atoms with Crippen molar-refractivity contribution in [3.05, 3.63) is 0 Å². The lowest BCUT2D eigenvalue weighted by Crippen LogP contribution is -2.09. The van der Waals surface area contributed by atoms with E-state index < -0.39 is 11.4 Å². The number of unbranched alkanes of at least 4 members (excludes halogenated alkanes) is 6. The molecule has 0 bridgehead atoms. The van der Waals surface area contributed by atoms with Crippen molar-refractivity contribution in [2.45, 2.75) is 64.7 Å². The van der Waals surface area contributed by atoms with Crippen LogP contribution in [-0.4, -0.2) is 24.6 Å². The summed E-state index contributed by atoms with van der Waals surface area (Å²) in [6, 6.07) is 0. The van der Waals surface area contributed by atoms with Crippen molar-refractivity contribution in [1.82, 2.24) is 0 Å². The van der Waals surface area contributed by atoms with Gasteiger partial charge in [-0.15, -0.1) is 0 Å². The molecule has 0 heterocycles. The van der Waals surface area contributed by atoms with E-state index >= 15 is 0 Å². The van der Waals surface area contributed by atoms with Gasteiger partial charge in [-0.2, -0.15) is 0 Å². The van der Waals surface area contributed by atoms with Crippen LogP contribution in [0.15, 0.2) is 0 Å². The van der Waals surface area contributed by atoms with Crippen LogP contribution in [0.3, 0.4) is 0 Å². The molecule has 0 spiro atoms. The van der Waals surface area contributed by atoms with Crippen molar-refractivity contribution in [3.63, 3.8) is 0 Å². The van der Waals surface area contributed by atoms with Crippen LogP contribution in [-0.2, 0) is 14.3 Å². The van der Waals surface area contributed by atoms with Gasteiger partial charge in [0.05, 0.1) is 13.2 Å². The van der Waals surface area contributed by atoms with Gasteiger partial charge < -0.3 is 9.47 Å². The summed E-state index contributed by atoms with van der Waals surface area (Å²) in [5.41, 5.74) is 0. The van der Waals surface area contributed by atoms with E-state index in [9.17, 15) is 9.59 Å². The number of halogens is 1. The standard InChI is InChI=1S/C14H25ClO4/c1-2-3-4-5-6-7-8-11-18-14(17)19-12-9-10-13(15)16/h2-12H2,1H3. The molecule has 0 aliphatic rings. The molecule has 0 fully saturated rings. The highest BCUT2D eigenvalue weighted by Gasteiger charge is 2.04. The summed E-state index contributed by atoms with van der Waals surface area (Å²) in [5, 5.41) is -0.417. The predicted molar refractivity (Wildman–Crippen MR) is 75.4 cm³/mol. The van der Waals surface area contributed by atoms with Gasteiger partial charge in [0.1, 0.15) is 0 Å². The van der Waals surface area contributed by atoms with Gasteiger partial charge in [0.15, 0.2) is 0 Å². The van der Waals surface area contributed by atoms with E-state index in [2.05, 4.69) is 6.92 Å². The Balaban J connectivity index is 3.18. The number of hydrogen-bond acceptors (Lipinski definition) is 4. The Morgan fingerprint density at radius 3 is 1.95 bits per heavy atom. The third kappa shape index (κ3) is 15.2. The van der Waals surface area contributed by atoms with Gasteiger partial charge >= 0.3 is 6.16 Å². The largest absolute Gasteiger partial charge is 0.508 e. The topological polar surface area (TPSA) is 52.6 Å². The van der Waals surface area contributed by atoms with Crippen LogP contribution < -0.4 is 0 Å². The van der Waals surface area contributed by atoms with E-state index in [4.69, 9.17) is 21.1 Å². The van der Waals surface area contributed by atoms with Crippen molar-refractivity contribution in [1.29, 1.82) is 0 Å². The highest BCUT2D eigenvalue weighted by molar-refractivity contribution is 6.63. The normalized spacial score (nSPS) is 10.2. The van der Waals surface area contributed by atoms with Crippen LogP contribution in [0.25, 0.3) is 0 Å². The molecule has 0 radical (unpaired) electrons. The molecule has 0 aliphatic heterocycles. The first-order chi connectivity index (χ1) is 9.16. The molecule has 0 aromatic heterocycles. The molecule has 0 saturated heterocycles. The van der Waals surface area contributed by atoms with Crippen LogP contribution in [0.2, 0.25) is 0 Å².